The Hall–Kier alpha value is -4.59. The molecule has 4 heterocycles. The number of benzene rings is 2. The van der Waals surface area contributed by atoms with Crippen molar-refractivity contribution < 1.29 is 4.39 Å². The van der Waals surface area contributed by atoms with Crippen LogP contribution in [0.1, 0.15) is 13.8 Å². The van der Waals surface area contributed by atoms with Gasteiger partial charge in [-0.1, -0.05) is 30.3 Å². The molecule has 0 bridgehead atoms. The average Bonchev–Trinajstić information content (AvgIpc) is 3.47. The van der Waals surface area contributed by atoms with Crippen LogP contribution in [0.5, 0.6) is 0 Å². The van der Waals surface area contributed by atoms with E-state index in [0.717, 1.165) is 38.9 Å². The maximum atomic E-state index is 14.5. The van der Waals surface area contributed by atoms with Crippen LogP contribution in [0.2, 0.25) is 0 Å². The van der Waals surface area contributed by atoms with Gasteiger partial charge in [-0.3, -0.25) is 15.1 Å². The van der Waals surface area contributed by atoms with Crippen molar-refractivity contribution in [1.29, 1.82) is 0 Å². The molecule has 7 nitrogen and oxygen atoms in total. The third-order valence-electron chi connectivity index (χ3n) is 5.84. The molecule has 0 spiro atoms. The van der Waals surface area contributed by atoms with Gasteiger partial charge in [0.2, 0.25) is 0 Å². The van der Waals surface area contributed by atoms with Crippen molar-refractivity contribution >= 4 is 27.6 Å². The monoisotopic (exact) mass is 463 g/mol. The first-order valence-electron chi connectivity index (χ1n) is 11.4. The lowest BCUT2D eigenvalue weighted by atomic mass is 10.0. The van der Waals surface area contributed by atoms with Crippen molar-refractivity contribution in [1.82, 2.24) is 30.1 Å². The van der Waals surface area contributed by atoms with Crippen molar-refractivity contribution in [3.05, 3.63) is 79.0 Å². The molecule has 0 aliphatic rings. The zero-order valence-electron chi connectivity index (χ0n) is 19.2. The van der Waals surface area contributed by atoms with Gasteiger partial charge in [-0.05, 0) is 38.1 Å². The third-order valence-corrected chi connectivity index (χ3v) is 5.84. The molecule has 35 heavy (non-hydrogen) atoms. The molecule has 0 atom stereocenters. The van der Waals surface area contributed by atoms with E-state index in [1.807, 2.05) is 36.4 Å². The Morgan fingerprint density at radius 1 is 0.914 bits per heavy atom. The van der Waals surface area contributed by atoms with Crippen LogP contribution in [0, 0.1) is 5.82 Å². The summed E-state index contributed by atoms with van der Waals surface area (Å²) < 4.78 is 14.5. The fourth-order valence-electron chi connectivity index (χ4n) is 4.29. The number of para-hydroxylation sites is 1. The molecule has 4 aromatic heterocycles. The molecule has 0 saturated carbocycles. The Morgan fingerprint density at radius 2 is 1.77 bits per heavy atom. The topological polar surface area (TPSA) is 95.2 Å². The Balaban J connectivity index is 1.46. The number of rotatable bonds is 5. The summed E-state index contributed by atoms with van der Waals surface area (Å²) in [6.07, 6.45) is 5.35. The highest BCUT2D eigenvalue weighted by atomic mass is 19.1. The molecule has 0 fully saturated rings. The molecule has 0 amide bonds. The fraction of sp³-hybridized carbons (Fsp3) is 0.111. The molecular weight excluding hydrogens is 441 g/mol. The maximum Gasteiger partial charge on any atom is 0.159 e. The second-order valence-electron chi connectivity index (χ2n) is 8.72. The number of anilines is 1. The van der Waals surface area contributed by atoms with Crippen LogP contribution in [-0.4, -0.2) is 36.2 Å². The summed E-state index contributed by atoms with van der Waals surface area (Å²) in [6.45, 7) is 4.17. The lowest BCUT2D eigenvalue weighted by molar-refractivity contribution is 0.631. The van der Waals surface area contributed by atoms with Crippen LogP contribution in [0.25, 0.3) is 55.8 Å². The largest absolute Gasteiger partial charge is 0.382 e. The molecule has 2 aromatic carbocycles. The van der Waals surface area contributed by atoms with Gasteiger partial charge in [-0.2, -0.15) is 5.10 Å². The molecule has 6 aromatic rings. The summed E-state index contributed by atoms with van der Waals surface area (Å²) in [7, 11) is 0. The van der Waals surface area contributed by atoms with E-state index in [4.69, 9.17) is 4.98 Å². The molecule has 0 unspecified atom stereocenters. The van der Waals surface area contributed by atoms with Gasteiger partial charge in [0.15, 0.2) is 5.82 Å². The molecule has 172 valence electrons. The number of aromatic nitrogens is 6. The van der Waals surface area contributed by atoms with Crippen LogP contribution in [0.4, 0.5) is 10.1 Å². The number of fused-ring (bicyclic) bond motifs is 2. The molecule has 6 rings (SSSR count). The summed E-state index contributed by atoms with van der Waals surface area (Å²) in [6, 6.07) is 16.7. The van der Waals surface area contributed by atoms with Gasteiger partial charge in [0.05, 0.1) is 34.1 Å². The van der Waals surface area contributed by atoms with E-state index in [-0.39, 0.29) is 5.82 Å². The SMILES string of the molecule is CC(C)Nc1cncc(-c2cc3c(-c4nc5c(-c6ccccc6F)cccc5[nH]4)n[nH]c3cn2)c1. The molecular formula is C27H22FN7. The summed E-state index contributed by atoms with van der Waals surface area (Å²) in [4.78, 5) is 17.1. The summed E-state index contributed by atoms with van der Waals surface area (Å²) in [5, 5.41) is 11.8. The maximum absolute atomic E-state index is 14.5. The molecule has 0 saturated heterocycles. The average molecular weight is 464 g/mol. The highest BCUT2D eigenvalue weighted by Gasteiger charge is 2.17. The van der Waals surface area contributed by atoms with E-state index in [1.165, 1.54) is 6.07 Å². The van der Waals surface area contributed by atoms with E-state index in [0.29, 0.717) is 28.6 Å². The number of halogens is 1. The normalized spacial score (nSPS) is 11.5. The quantitative estimate of drug-likeness (QED) is 0.283. The molecule has 0 aliphatic heterocycles. The zero-order chi connectivity index (χ0) is 23.9. The first-order valence-corrected chi connectivity index (χ1v) is 11.4. The highest BCUT2D eigenvalue weighted by Crippen LogP contribution is 2.33. The third kappa shape index (κ3) is 3.78. The Bertz CT molecular complexity index is 1680. The summed E-state index contributed by atoms with van der Waals surface area (Å²) in [5.74, 6) is 0.314. The number of nitrogens with zero attached hydrogens (tertiary/aromatic N) is 4. The van der Waals surface area contributed by atoms with Crippen LogP contribution in [0.3, 0.4) is 0 Å². The summed E-state index contributed by atoms with van der Waals surface area (Å²) >= 11 is 0. The highest BCUT2D eigenvalue weighted by molar-refractivity contribution is 5.97. The van der Waals surface area contributed by atoms with Gasteiger partial charge < -0.3 is 10.3 Å². The van der Waals surface area contributed by atoms with Crippen LogP contribution < -0.4 is 5.32 Å². The minimum atomic E-state index is -0.284. The van der Waals surface area contributed by atoms with Gasteiger partial charge in [-0.15, -0.1) is 0 Å². The van der Waals surface area contributed by atoms with Crippen LogP contribution in [-0.2, 0) is 0 Å². The Morgan fingerprint density at radius 3 is 2.63 bits per heavy atom. The number of imidazole rings is 1. The molecule has 0 radical (unpaired) electrons. The standard InChI is InChI=1S/C27H22FN7/c1-15(2)31-17-10-16(12-29-13-17)23-11-20-24(14-30-23)34-35-26(20)27-32-22-9-5-7-19(25(22)33-27)18-6-3-4-8-21(18)28/h3-15,31H,1-2H3,(H,32,33)(H,34,35). The van der Waals surface area contributed by atoms with Crippen molar-refractivity contribution in [2.45, 2.75) is 19.9 Å². The number of hydrogen-bond acceptors (Lipinski definition) is 5. The lowest BCUT2D eigenvalue weighted by Crippen LogP contribution is -2.09. The second kappa shape index (κ2) is 8.32. The molecule has 0 aliphatic carbocycles. The first kappa shape index (κ1) is 21.0. The predicted molar refractivity (Wildman–Crippen MR) is 136 cm³/mol. The number of aromatic amines is 2. The zero-order valence-corrected chi connectivity index (χ0v) is 19.2. The smallest absolute Gasteiger partial charge is 0.159 e. The minimum Gasteiger partial charge on any atom is -0.382 e. The van der Waals surface area contributed by atoms with Gasteiger partial charge >= 0.3 is 0 Å². The van der Waals surface area contributed by atoms with Crippen LogP contribution >= 0.6 is 0 Å². The van der Waals surface area contributed by atoms with Gasteiger partial charge in [0, 0.05) is 40.5 Å². The second-order valence-corrected chi connectivity index (χ2v) is 8.72. The van der Waals surface area contributed by atoms with Crippen molar-refractivity contribution in [2.75, 3.05) is 5.32 Å². The van der Waals surface area contributed by atoms with Crippen molar-refractivity contribution in [3.8, 4) is 33.9 Å². The van der Waals surface area contributed by atoms with Gasteiger partial charge in [-0.25, -0.2) is 9.37 Å². The van der Waals surface area contributed by atoms with E-state index >= 15 is 0 Å². The number of nitrogens with one attached hydrogen (secondary N) is 3. The lowest BCUT2D eigenvalue weighted by Gasteiger charge is -2.10. The fourth-order valence-corrected chi connectivity index (χ4v) is 4.29. The minimum absolute atomic E-state index is 0.284. The van der Waals surface area contributed by atoms with Crippen molar-refractivity contribution in [3.63, 3.8) is 0 Å². The molecule has 8 heteroatoms. The Kier molecular flexibility index (Phi) is 4.99. The van der Waals surface area contributed by atoms with Crippen molar-refractivity contribution in [2.24, 2.45) is 0 Å². The van der Waals surface area contributed by atoms with E-state index in [1.54, 1.807) is 30.7 Å². The number of pyridine rings is 2. The molecule has 3 N–H and O–H groups in total. The predicted octanol–water partition coefficient (Wildman–Crippen LogP) is 6.19. The van der Waals surface area contributed by atoms with E-state index in [2.05, 4.69) is 44.3 Å². The summed E-state index contributed by atoms with van der Waals surface area (Å²) in [5.41, 5.74) is 6.82. The number of hydrogen-bond donors (Lipinski definition) is 3. The van der Waals surface area contributed by atoms with Crippen LogP contribution in [0.15, 0.2) is 73.2 Å². The van der Waals surface area contributed by atoms with Gasteiger partial charge in [0.25, 0.3) is 0 Å². The van der Waals surface area contributed by atoms with E-state index in [9.17, 15) is 4.39 Å². The van der Waals surface area contributed by atoms with Gasteiger partial charge in [0.1, 0.15) is 11.5 Å². The number of H-pyrrole nitrogens is 2. The Labute approximate surface area is 200 Å². The first-order chi connectivity index (χ1) is 17.1. The van der Waals surface area contributed by atoms with E-state index < -0.39 is 0 Å².